The van der Waals surface area contributed by atoms with Gasteiger partial charge in [0.05, 0.1) is 16.5 Å². The number of aryl methyl sites for hydroxylation is 1. The third-order valence-corrected chi connectivity index (χ3v) is 5.18. The van der Waals surface area contributed by atoms with E-state index < -0.39 is 9.96 Å². The number of thiocarbonyl (C=S) groups is 1. The van der Waals surface area contributed by atoms with Crippen LogP contribution < -0.4 is 16.0 Å². The third-order valence-electron chi connectivity index (χ3n) is 3.57. The van der Waals surface area contributed by atoms with Crippen LogP contribution in [0.5, 0.6) is 0 Å². The highest BCUT2D eigenvalue weighted by atomic mass is 35.6. The summed E-state index contributed by atoms with van der Waals surface area (Å²) in [5.74, 6) is -0.329. The maximum absolute atomic E-state index is 12.4. The molecular formula is C18H16Cl5N3OS. The molecule has 0 radical (unpaired) electrons. The van der Waals surface area contributed by atoms with Gasteiger partial charge >= 0.3 is 0 Å². The molecule has 2 aromatic rings. The Bertz CT molecular complexity index is 855. The number of rotatable bonds is 5. The molecule has 0 heterocycles. The summed E-state index contributed by atoms with van der Waals surface area (Å²) in [5.41, 5.74) is 2.52. The molecule has 1 unspecified atom stereocenters. The maximum Gasteiger partial charge on any atom is 0.228 e. The zero-order chi connectivity index (χ0) is 20.9. The number of benzene rings is 2. The van der Waals surface area contributed by atoms with Crippen molar-refractivity contribution in [2.45, 2.75) is 23.3 Å². The molecular weight excluding hydrogens is 484 g/mol. The summed E-state index contributed by atoms with van der Waals surface area (Å²) in [6, 6.07) is 12.5. The van der Waals surface area contributed by atoms with Crippen LogP contribution in [0.1, 0.15) is 11.1 Å². The summed E-state index contributed by atoms with van der Waals surface area (Å²) in [6.45, 7) is 1.97. The van der Waals surface area contributed by atoms with E-state index in [-0.39, 0.29) is 17.4 Å². The fourth-order valence-electron chi connectivity index (χ4n) is 2.18. The van der Waals surface area contributed by atoms with Crippen LogP contribution in [0, 0.1) is 6.92 Å². The SMILES string of the molecule is Cc1ccc(CC(=O)NC(NC(=S)Nc2ccc(Cl)c(Cl)c2)C(Cl)(Cl)Cl)cc1. The lowest BCUT2D eigenvalue weighted by Gasteiger charge is -2.28. The van der Waals surface area contributed by atoms with E-state index in [0.717, 1.165) is 11.1 Å². The van der Waals surface area contributed by atoms with Gasteiger partial charge < -0.3 is 16.0 Å². The van der Waals surface area contributed by atoms with E-state index in [4.69, 9.17) is 70.2 Å². The van der Waals surface area contributed by atoms with E-state index in [1.54, 1.807) is 18.2 Å². The molecule has 0 bridgehead atoms. The van der Waals surface area contributed by atoms with Crippen LogP contribution in [-0.2, 0) is 11.2 Å². The number of carbonyl (C=O) groups is 1. The van der Waals surface area contributed by atoms with Gasteiger partial charge in [0.1, 0.15) is 6.17 Å². The first-order valence-corrected chi connectivity index (χ1v) is 10.3. The van der Waals surface area contributed by atoms with E-state index in [0.29, 0.717) is 15.7 Å². The first-order valence-electron chi connectivity index (χ1n) is 7.99. The van der Waals surface area contributed by atoms with Gasteiger partial charge in [-0.05, 0) is 42.9 Å². The Labute approximate surface area is 193 Å². The zero-order valence-electron chi connectivity index (χ0n) is 14.5. The van der Waals surface area contributed by atoms with Gasteiger partial charge in [-0.1, -0.05) is 87.8 Å². The smallest absolute Gasteiger partial charge is 0.228 e. The van der Waals surface area contributed by atoms with Crippen molar-refractivity contribution in [1.29, 1.82) is 0 Å². The second-order valence-corrected chi connectivity index (χ2v) is 9.52. The molecule has 0 spiro atoms. The third kappa shape index (κ3) is 7.47. The summed E-state index contributed by atoms with van der Waals surface area (Å²) in [5, 5.41) is 9.21. The topological polar surface area (TPSA) is 53.2 Å². The van der Waals surface area contributed by atoms with E-state index in [1.165, 1.54) is 0 Å². The Morgan fingerprint density at radius 3 is 2.25 bits per heavy atom. The number of anilines is 1. The summed E-state index contributed by atoms with van der Waals surface area (Å²) in [7, 11) is 0. The molecule has 0 aliphatic rings. The Morgan fingerprint density at radius 2 is 1.68 bits per heavy atom. The Morgan fingerprint density at radius 1 is 1.04 bits per heavy atom. The first-order chi connectivity index (χ1) is 13.0. The minimum absolute atomic E-state index is 0.130. The predicted molar refractivity (Wildman–Crippen MR) is 123 cm³/mol. The summed E-state index contributed by atoms with van der Waals surface area (Å²) >= 11 is 35.1. The van der Waals surface area contributed by atoms with Gasteiger partial charge in [-0.2, -0.15) is 0 Å². The van der Waals surface area contributed by atoms with Crippen molar-refractivity contribution in [2.75, 3.05) is 5.32 Å². The number of amides is 1. The van der Waals surface area contributed by atoms with E-state index >= 15 is 0 Å². The average Bonchev–Trinajstić information content (AvgIpc) is 2.59. The van der Waals surface area contributed by atoms with Crippen molar-refractivity contribution in [2.24, 2.45) is 0 Å². The van der Waals surface area contributed by atoms with Gasteiger partial charge in [-0.15, -0.1) is 0 Å². The van der Waals surface area contributed by atoms with Crippen LogP contribution in [0.25, 0.3) is 0 Å². The lowest BCUT2D eigenvalue weighted by atomic mass is 10.1. The first kappa shape index (κ1) is 23.3. The van der Waals surface area contributed by atoms with E-state index in [1.807, 2.05) is 31.2 Å². The highest BCUT2D eigenvalue weighted by molar-refractivity contribution is 7.80. The Balaban J connectivity index is 2.00. The fourth-order valence-corrected chi connectivity index (χ4v) is 3.04. The standard InChI is InChI=1S/C18H16Cl5N3OS/c1-10-2-4-11(5-3-10)8-15(27)25-16(18(21,22)23)26-17(28)24-12-6-7-13(19)14(20)9-12/h2-7,9,16H,8H2,1H3,(H,25,27)(H2,24,26,28). The molecule has 10 heteroatoms. The second kappa shape index (κ2) is 10.2. The van der Waals surface area contributed by atoms with Gasteiger partial charge in [0.15, 0.2) is 5.11 Å². The quantitative estimate of drug-likeness (QED) is 0.283. The van der Waals surface area contributed by atoms with Gasteiger partial charge in [0, 0.05) is 5.69 Å². The molecule has 150 valence electrons. The van der Waals surface area contributed by atoms with Gasteiger partial charge in [-0.25, -0.2) is 0 Å². The molecule has 1 amide bonds. The molecule has 0 aliphatic heterocycles. The van der Waals surface area contributed by atoms with Crippen molar-refractivity contribution in [3.63, 3.8) is 0 Å². The van der Waals surface area contributed by atoms with Crippen molar-refractivity contribution in [1.82, 2.24) is 10.6 Å². The second-order valence-electron chi connectivity index (χ2n) is 5.93. The Kier molecular flexibility index (Phi) is 8.49. The predicted octanol–water partition coefficient (Wildman–Crippen LogP) is 5.64. The summed E-state index contributed by atoms with van der Waals surface area (Å²) in [6.07, 6.45) is -0.926. The number of alkyl halides is 3. The normalized spacial score (nSPS) is 12.2. The number of nitrogens with one attached hydrogen (secondary N) is 3. The number of hydrogen-bond acceptors (Lipinski definition) is 2. The molecule has 0 saturated carbocycles. The monoisotopic (exact) mass is 497 g/mol. The maximum atomic E-state index is 12.4. The highest BCUT2D eigenvalue weighted by Crippen LogP contribution is 2.29. The van der Waals surface area contributed by atoms with Crippen molar-refractivity contribution >= 4 is 86.9 Å². The lowest BCUT2D eigenvalue weighted by molar-refractivity contribution is -0.121. The molecule has 1 atom stereocenters. The highest BCUT2D eigenvalue weighted by Gasteiger charge is 2.34. The van der Waals surface area contributed by atoms with Crippen molar-refractivity contribution in [3.05, 3.63) is 63.6 Å². The van der Waals surface area contributed by atoms with Crippen molar-refractivity contribution < 1.29 is 4.79 Å². The van der Waals surface area contributed by atoms with Crippen LogP contribution in [0.15, 0.2) is 42.5 Å². The molecule has 0 saturated heterocycles. The van der Waals surface area contributed by atoms with Crippen LogP contribution in [0.2, 0.25) is 10.0 Å². The fraction of sp³-hybridized carbons (Fsp3) is 0.222. The molecule has 3 N–H and O–H groups in total. The van der Waals surface area contributed by atoms with Crippen LogP contribution in [0.3, 0.4) is 0 Å². The van der Waals surface area contributed by atoms with Gasteiger partial charge in [0.2, 0.25) is 9.70 Å². The number of hydrogen-bond donors (Lipinski definition) is 3. The largest absolute Gasteiger partial charge is 0.339 e. The van der Waals surface area contributed by atoms with Crippen molar-refractivity contribution in [3.8, 4) is 0 Å². The molecule has 28 heavy (non-hydrogen) atoms. The molecule has 2 rings (SSSR count). The number of carbonyl (C=O) groups excluding carboxylic acids is 1. The number of halogens is 5. The van der Waals surface area contributed by atoms with Gasteiger partial charge in [0.25, 0.3) is 0 Å². The lowest BCUT2D eigenvalue weighted by Crippen LogP contribution is -2.56. The zero-order valence-corrected chi connectivity index (χ0v) is 19.1. The van der Waals surface area contributed by atoms with Crippen LogP contribution >= 0.6 is 70.2 Å². The van der Waals surface area contributed by atoms with Crippen LogP contribution in [0.4, 0.5) is 5.69 Å². The van der Waals surface area contributed by atoms with E-state index in [2.05, 4.69) is 16.0 Å². The molecule has 2 aromatic carbocycles. The van der Waals surface area contributed by atoms with Crippen LogP contribution in [-0.4, -0.2) is 21.0 Å². The molecule has 0 aliphatic carbocycles. The average molecular weight is 500 g/mol. The summed E-state index contributed by atoms with van der Waals surface area (Å²) < 4.78 is -1.84. The molecule has 0 fully saturated rings. The minimum atomic E-state index is -1.84. The van der Waals surface area contributed by atoms with Gasteiger partial charge in [-0.3, -0.25) is 4.79 Å². The molecule has 0 aromatic heterocycles. The minimum Gasteiger partial charge on any atom is -0.339 e. The Hall–Kier alpha value is -0.950. The van der Waals surface area contributed by atoms with E-state index in [9.17, 15) is 4.79 Å². The summed E-state index contributed by atoms with van der Waals surface area (Å²) in [4.78, 5) is 12.4. The molecule has 4 nitrogen and oxygen atoms in total.